The molecule has 0 aromatic heterocycles. The van der Waals surface area contributed by atoms with E-state index in [1.54, 1.807) is 0 Å². The number of likely N-dealkylation sites (tertiary alicyclic amines) is 1. The van der Waals surface area contributed by atoms with Gasteiger partial charge in [0.15, 0.2) is 0 Å². The summed E-state index contributed by atoms with van der Waals surface area (Å²) in [6.07, 6.45) is 5.16. The van der Waals surface area contributed by atoms with Gasteiger partial charge in [-0.05, 0) is 45.3 Å². The number of likely N-dealkylation sites (N-methyl/N-ethyl adjacent to an activating group) is 1. The van der Waals surface area contributed by atoms with Crippen LogP contribution in [-0.4, -0.2) is 51.3 Å². The van der Waals surface area contributed by atoms with Crippen molar-refractivity contribution in [2.45, 2.75) is 38.6 Å². The zero-order chi connectivity index (χ0) is 11.8. The van der Waals surface area contributed by atoms with Crippen molar-refractivity contribution in [3.05, 3.63) is 0 Å². The highest BCUT2D eigenvalue weighted by atomic mass is 16.5. The molecule has 1 atom stereocenters. The average Bonchev–Trinajstić information content (AvgIpc) is 2.31. The van der Waals surface area contributed by atoms with E-state index in [9.17, 15) is 0 Å². The Morgan fingerprint density at radius 2 is 2.06 bits per heavy atom. The maximum absolute atomic E-state index is 5.23. The Bertz CT molecular complexity index is 167. The third kappa shape index (κ3) is 4.81. The Kier molecular flexibility index (Phi) is 7.01. The first-order chi connectivity index (χ1) is 7.80. The average molecular weight is 228 g/mol. The fourth-order valence-electron chi connectivity index (χ4n) is 2.56. The van der Waals surface area contributed by atoms with Crippen molar-refractivity contribution in [2.75, 3.05) is 40.4 Å². The minimum absolute atomic E-state index is 0.670. The second-order valence-corrected chi connectivity index (χ2v) is 4.97. The number of methoxy groups -OCH3 is 1. The summed E-state index contributed by atoms with van der Waals surface area (Å²) < 4.78 is 5.23. The van der Waals surface area contributed by atoms with Gasteiger partial charge in [-0.25, -0.2) is 0 Å². The van der Waals surface area contributed by atoms with E-state index < -0.39 is 0 Å². The van der Waals surface area contributed by atoms with Crippen LogP contribution >= 0.6 is 0 Å². The molecule has 0 radical (unpaired) electrons. The van der Waals surface area contributed by atoms with E-state index in [2.05, 4.69) is 24.2 Å². The number of ether oxygens (including phenoxy) is 1. The van der Waals surface area contributed by atoms with Crippen molar-refractivity contribution < 1.29 is 4.74 Å². The minimum atomic E-state index is 0.670. The second-order valence-electron chi connectivity index (χ2n) is 4.97. The summed E-state index contributed by atoms with van der Waals surface area (Å²) in [6, 6.07) is 0.670. The maximum Gasteiger partial charge on any atom is 0.0491 e. The molecular formula is C13H28N2O. The van der Waals surface area contributed by atoms with Crippen LogP contribution in [0.4, 0.5) is 0 Å². The summed E-state index contributed by atoms with van der Waals surface area (Å²) in [6.45, 7) is 6.91. The van der Waals surface area contributed by atoms with Gasteiger partial charge >= 0.3 is 0 Å². The molecule has 0 aromatic carbocycles. The van der Waals surface area contributed by atoms with E-state index in [0.717, 1.165) is 12.5 Å². The lowest BCUT2D eigenvalue weighted by molar-refractivity contribution is 0.0951. The van der Waals surface area contributed by atoms with E-state index in [1.165, 1.54) is 45.3 Å². The fourth-order valence-corrected chi connectivity index (χ4v) is 2.56. The molecule has 0 spiro atoms. The van der Waals surface area contributed by atoms with Gasteiger partial charge in [0.25, 0.3) is 0 Å². The summed E-state index contributed by atoms with van der Waals surface area (Å²) in [4.78, 5) is 2.60. The smallest absolute Gasteiger partial charge is 0.0491 e. The highest BCUT2D eigenvalue weighted by Gasteiger charge is 2.20. The van der Waals surface area contributed by atoms with Gasteiger partial charge in [-0.1, -0.05) is 13.3 Å². The number of hydrogen-bond acceptors (Lipinski definition) is 3. The van der Waals surface area contributed by atoms with Gasteiger partial charge < -0.3 is 15.0 Å². The molecule has 0 amide bonds. The lowest BCUT2D eigenvalue weighted by Gasteiger charge is -2.34. The van der Waals surface area contributed by atoms with E-state index in [4.69, 9.17) is 4.74 Å². The molecule has 1 N–H and O–H groups in total. The molecule has 0 bridgehead atoms. The molecule has 1 heterocycles. The van der Waals surface area contributed by atoms with Crippen LogP contribution < -0.4 is 5.32 Å². The molecule has 1 unspecified atom stereocenters. The molecule has 16 heavy (non-hydrogen) atoms. The Morgan fingerprint density at radius 3 is 2.56 bits per heavy atom. The SMILES string of the molecule is CCCC(CN1CCC(COC)CC1)NC. The van der Waals surface area contributed by atoms with Crippen LogP contribution in [-0.2, 0) is 4.74 Å². The summed E-state index contributed by atoms with van der Waals surface area (Å²) in [5.74, 6) is 0.792. The molecule has 1 rings (SSSR count). The highest BCUT2D eigenvalue weighted by molar-refractivity contribution is 4.76. The van der Waals surface area contributed by atoms with E-state index in [1.807, 2.05) is 7.11 Å². The van der Waals surface area contributed by atoms with Gasteiger partial charge in [0.2, 0.25) is 0 Å². The predicted octanol–water partition coefficient (Wildman–Crippen LogP) is 1.73. The Morgan fingerprint density at radius 1 is 1.38 bits per heavy atom. The molecule has 1 aliphatic heterocycles. The fraction of sp³-hybridized carbons (Fsp3) is 1.00. The van der Waals surface area contributed by atoms with E-state index in [-0.39, 0.29) is 0 Å². The summed E-state index contributed by atoms with van der Waals surface area (Å²) in [7, 11) is 3.89. The molecule has 3 heteroatoms. The second kappa shape index (κ2) is 8.04. The topological polar surface area (TPSA) is 24.5 Å². The summed E-state index contributed by atoms with van der Waals surface area (Å²) >= 11 is 0. The van der Waals surface area contributed by atoms with E-state index >= 15 is 0 Å². The van der Waals surface area contributed by atoms with Crippen molar-refractivity contribution >= 4 is 0 Å². The third-order valence-electron chi connectivity index (χ3n) is 3.63. The number of nitrogens with zero attached hydrogens (tertiary/aromatic N) is 1. The highest BCUT2D eigenvalue weighted by Crippen LogP contribution is 2.17. The monoisotopic (exact) mass is 228 g/mol. The van der Waals surface area contributed by atoms with Crippen molar-refractivity contribution in [2.24, 2.45) is 5.92 Å². The van der Waals surface area contributed by atoms with Gasteiger partial charge in [-0.3, -0.25) is 0 Å². The van der Waals surface area contributed by atoms with Crippen LogP contribution in [0.3, 0.4) is 0 Å². The van der Waals surface area contributed by atoms with Crippen LogP contribution in [0.15, 0.2) is 0 Å². The molecule has 1 fully saturated rings. The first-order valence-corrected chi connectivity index (χ1v) is 6.68. The Balaban J connectivity index is 2.20. The zero-order valence-corrected chi connectivity index (χ0v) is 11.2. The normalized spacial score (nSPS) is 21.2. The maximum atomic E-state index is 5.23. The lowest BCUT2D eigenvalue weighted by atomic mass is 9.97. The first kappa shape index (κ1) is 13.9. The van der Waals surface area contributed by atoms with E-state index in [0.29, 0.717) is 6.04 Å². The first-order valence-electron chi connectivity index (χ1n) is 6.68. The van der Waals surface area contributed by atoms with Gasteiger partial charge in [-0.15, -0.1) is 0 Å². The lowest BCUT2D eigenvalue weighted by Crippen LogP contribution is -2.43. The molecule has 96 valence electrons. The number of piperidine rings is 1. The molecule has 0 aromatic rings. The third-order valence-corrected chi connectivity index (χ3v) is 3.63. The van der Waals surface area contributed by atoms with Gasteiger partial charge in [-0.2, -0.15) is 0 Å². The molecule has 3 nitrogen and oxygen atoms in total. The minimum Gasteiger partial charge on any atom is -0.384 e. The van der Waals surface area contributed by atoms with Crippen LogP contribution in [0.5, 0.6) is 0 Å². The summed E-state index contributed by atoms with van der Waals surface area (Å²) in [5.41, 5.74) is 0. The molecule has 0 aliphatic carbocycles. The largest absolute Gasteiger partial charge is 0.384 e. The molecular weight excluding hydrogens is 200 g/mol. The van der Waals surface area contributed by atoms with Gasteiger partial charge in [0, 0.05) is 26.3 Å². The van der Waals surface area contributed by atoms with Crippen molar-refractivity contribution in [3.63, 3.8) is 0 Å². The molecule has 0 saturated carbocycles. The van der Waals surface area contributed by atoms with Gasteiger partial charge in [0.05, 0.1) is 0 Å². The predicted molar refractivity (Wildman–Crippen MR) is 68.8 cm³/mol. The quantitative estimate of drug-likeness (QED) is 0.718. The zero-order valence-electron chi connectivity index (χ0n) is 11.2. The van der Waals surface area contributed by atoms with Crippen LogP contribution in [0.1, 0.15) is 32.6 Å². The Hall–Kier alpha value is -0.120. The van der Waals surface area contributed by atoms with Crippen molar-refractivity contribution in [1.82, 2.24) is 10.2 Å². The van der Waals surface area contributed by atoms with Crippen LogP contribution in [0.25, 0.3) is 0 Å². The van der Waals surface area contributed by atoms with Crippen LogP contribution in [0.2, 0.25) is 0 Å². The van der Waals surface area contributed by atoms with Crippen molar-refractivity contribution in [1.29, 1.82) is 0 Å². The Labute approximate surface area is 101 Å². The number of hydrogen-bond donors (Lipinski definition) is 1. The molecule has 1 aliphatic rings. The van der Waals surface area contributed by atoms with Crippen LogP contribution in [0, 0.1) is 5.92 Å². The standard InChI is InChI=1S/C13H28N2O/c1-4-5-13(14-2)10-15-8-6-12(7-9-15)11-16-3/h12-14H,4-11H2,1-3H3. The van der Waals surface area contributed by atoms with Crippen molar-refractivity contribution in [3.8, 4) is 0 Å². The number of rotatable bonds is 7. The summed E-state index contributed by atoms with van der Waals surface area (Å²) in [5, 5.41) is 3.42. The van der Waals surface area contributed by atoms with Gasteiger partial charge in [0.1, 0.15) is 0 Å². The number of nitrogens with one attached hydrogen (secondary N) is 1. The molecule has 1 saturated heterocycles.